The number of hydrogen-bond donors (Lipinski definition) is 1. The van der Waals surface area contributed by atoms with Crippen molar-refractivity contribution in [1.29, 1.82) is 0 Å². The van der Waals surface area contributed by atoms with E-state index in [1.165, 1.54) is 0 Å². The van der Waals surface area contributed by atoms with E-state index in [9.17, 15) is 21.6 Å². The average molecular weight is 305 g/mol. The smallest absolute Gasteiger partial charge is 0.235 e. The van der Waals surface area contributed by atoms with E-state index in [2.05, 4.69) is 20.9 Å². The molecular weight excluding hydrogens is 301 g/mol. The van der Waals surface area contributed by atoms with Gasteiger partial charge in [-0.15, -0.1) is 0 Å². The zero-order valence-corrected chi connectivity index (χ0v) is 9.32. The van der Waals surface area contributed by atoms with Crippen LogP contribution in [-0.2, 0) is 10.0 Å². The number of rotatable bonds is 2. The second-order valence-electron chi connectivity index (χ2n) is 2.49. The highest BCUT2D eigenvalue weighted by molar-refractivity contribution is 9.10. The Morgan fingerprint density at radius 2 is 2.00 bits per heavy atom. The van der Waals surface area contributed by atoms with Crippen LogP contribution < -0.4 is 5.14 Å². The standard InChI is InChI=1S/C6H4BrF3N2O2S/c7-5-3(15(11,13)14)1-2(8)4(12-5)6(9)10/h1,6H,(H2,11,13,14). The van der Waals surface area contributed by atoms with Gasteiger partial charge < -0.3 is 0 Å². The molecule has 0 saturated carbocycles. The molecular formula is C6H4BrF3N2O2S. The molecule has 0 unspecified atom stereocenters. The van der Waals surface area contributed by atoms with E-state index >= 15 is 0 Å². The molecule has 0 spiro atoms. The fourth-order valence-corrected chi connectivity index (χ4v) is 2.35. The highest BCUT2D eigenvalue weighted by Gasteiger charge is 2.22. The molecule has 0 radical (unpaired) electrons. The van der Waals surface area contributed by atoms with Gasteiger partial charge in [0.15, 0.2) is 5.82 Å². The number of nitrogens with zero attached hydrogens (tertiary/aromatic N) is 1. The summed E-state index contributed by atoms with van der Waals surface area (Å²) in [5.74, 6) is -1.42. The fraction of sp³-hybridized carbons (Fsp3) is 0.167. The van der Waals surface area contributed by atoms with E-state index in [-0.39, 0.29) is 0 Å². The molecule has 0 amide bonds. The van der Waals surface area contributed by atoms with E-state index in [4.69, 9.17) is 5.14 Å². The molecule has 0 fully saturated rings. The summed E-state index contributed by atoms with van der Waals surface area (Å²) in [5, 5.41) is 4.70. The maximum absolute atomic E-state index is 12.9. The zero-order valence-electron chi connectivity index (χ0n) is 6.92. The third-order valence-corrected chi connectivity index (χ3v) is 3.23. The van der Waals surface area contributed by atoms with E-state index in [1.54, 1.807) is 0 Å². The Morgan fingerprint density at radius 1 is 1.47 bits per heavy atom. The number of sulfonamides is 1. The summed E-state index contributed by atoms with van der Waals surface area (Å²) in [7, 11) is -4.19. The van der Waals surface area contributed by atoms with Crippen LogP contribution in [0.3, 0.4) is 0 Å². The van der Waals surface area contributed by atoms with Crippen LogP contribution in [0.25, 0.3) is 0 Å². The van der Waals surface area contributed by atoms with Gasteiger partial charge in [-0.3, -0.25) is 0 Å². The van der Waals surface area contributed by atoms with Crippen molar-refractivity contribution in [3.8, 4) is 0 Å². The van der Waals surface area contributed by atoms with Crippen molar-refractivity contribution in [2.24, 2.45) is 5.14 Å². The zero-order chi connectivity index (χ0) is 11.8. The fourth-order valence-electron chi connectivity index (χ4n) is 0.815. The van der Waals surface area contributed by atoms with Gasteiger partial charge in [0, 0.05) is 0 Å². The molecule has 1 heterocycles. The molecule has 1 rings (SSSR count). The Labute approximate surface area is 91.5 Å². The number of hydrogen-bond acceptors (Lipinski definition) is 3. The predicted octanol–water partition coefficient (Wildman–Crippen LogP) is 1.57. The highest BCUT2D eigenvalue weighted by atomic mass is 79.9. The predicted molar refractivity (Wildman–Crippen MR) is 48.2 cm³/mol. The van der Waals surface area contributed by atoms with Crippen LogP contribution in [0.15, 0.2) is 15.6 Å². The van der Waals surface area contributed by atoms with E-state index in [0.717, 1.165) is 0 Å². The largest absolute Gasteiger partial charge is 0.283 e. The Morgan fingerprint density at radius 3 is 2.40 bits per heavy atom. The molecule has 84 valence electrons. The van der Waals surface area contributed by atoms with Crippen LogP contribution in [0.5, 0.6) is 0 Å². The molecule has 1 aromatic heterocycles. The Bertz CT molecular complexity index is 491. The molecule has 0 aliphatic rings. The molecule has 0 aromatic carbocycles. The van der Waals surface area contributed by atoms with Crippen LogP contribution in [0.4, 0.5) is 13.2 Å². The first-order valence-electron chi connectivity index (χ1n) is 3.40. The first-order valence-corrected chi connectivity index (χ1v) is 5.74. The van der Waals surface area contributed by atoms with E-state index in [1.807, 2.05) is 0 Å². The SMILES string of the molecule is NS(=O)(=O)c1cc(F)c(C(F)F)nc1Br. The van der Waals surface area contributed by atoms with Gasteiger partial charge in [-0.2, -0.15) is 0 Å². The maximum atomic E-state index is 12.9. The second kappa shape index (κ2) is 4.06. The highest BCUT2D eigenvalue weighted by Crippen LogP contribution is 2.26. The molecule has 0 aliphatic carbocycles. The quantitative estimate of drug-likeness (QED) is 0.843. The van der Waals surface area contributed by atoms with Crippen LogP contribution in [0.2, 0.25) is 0 Å². The number of nitrogens with two attached hydrogens (primary N) is 1. The minimum Gasteiger partial charge on any atom is -0.235 e. The molecule has 0 aliphatic heterocycles. The number of aromatic nitrogens is 1. The van der Waals surface area contributed by atoms with Crippen molar-refractivity contribution in [3.05, 3.63) is 22.2 Å². The summed E-state index contributed by atoms with van der Waals surface area (Å²) >= 11 is 2.62. The van der Waals surface area contributed by atoms with Crippen molar-refractivity contribution in [2.45, 2.75) is 11.3 Å². The van der Waals surface area contributed by atoms with Gasteiger partial charge in [0.1, 0.15) is 15.2 Å². The first-order chi connectivity index (χ1) is 6.73. The molecule has 15 heavy (non-hydrogen) atoms. The molecule has 0 saturated heterocycles. The van der Waals surface area contributed by atoms with Crippen molar-refractivity contribution in [2.75, 3.05) is 0 Å². The maximum Gasteiger partial charge on any atom is 0.283 e. The summed E-state index contributed by atoms with van der Waals surface area (Å²) < 4.78 is 58.4. The topological polar surface area (TPSA) is 73.1 Å². The lowest BCUT2D eigenvalue weighted by Gasteiger charge is -2.05. The van der Waals surface area contributed by atoms with Crippen molar-refractivity contribution in [3.63, 3.8) is 0 Å². The summed E-state index contributed by atoms with van der Waals surface area (Å²) in [5.41, 5.74) is -1.13. The van der Waals surface area contributed by atoms with Crippen molar-refractivity contribution in [1.82, 2.24) is 4.98 Å². The molecule has 4 nitrogen and oxygen atoms in total. The summed E-state index contributed by atoms with van der Waals surface area (Å²) in [6, 6.07) is 0.397. The molecule has 0 atom stereocenters. The first kappa shape index (κ1) is 12.4. The van der Waals surface area contributed by atoms with Gasteiger partial charge in [0.05, 0.1) is 0 Å². The second-order valence-corrected chi connectivity index (χ2v) is 4.77. The Balaban J connectivity index is 3.46. The number of alkyl halides is 2. The van der Waals surface area contributed by atoms with E-state index in [0.29, 0.717) is 6.07 Å². The van der Waals surface area contributed by atoms with Gasteiger partial charge >= 0.3 is 0 Å². The lowest BCUT2D eigenvalue weighted by atomic mass is 10.3. The van der Waals surface area contributed by atoms with Gasteiger partial charge in [-0.1, -0.05) is 0 Å². The summed E-state index contributed by atoms with van der Waals surface area (Å²) in [6.07, 6.45) is -3.13. The number of primary sulfonamides is 1. The summed E-state index contributed by atoms with van der Waals surface area (Å²) in [6.45, 7) is 0. The Kier molecular flexibility index (Phi) is 3.36. The molecule has 9 heteroatoms. The lowest BCUT2D eigenvalue weighted by Crippen LogP contribution is -2.14. The van der Waals surface area contributed by atoms with Crippen LogP contribution in [0, 0.1) is 5.82 Å². The normalized spacial score (nSPS) is 12.1. The van der Waals surface area contributed by atoms with Gasteiger partial charge in [0.2, 0.25) is 10.0 Å². The third kappa shape index (κ3) is 2.67. The minimum absolute atomic E-state index is 0.397. The molecule has 2 N–H and O–H groups in total. The van der Waals surface area contributed by atoms with E-state index < -0.39 is 37.5 Å². The van der Waals surface area contributed by atoms with Gasteiger partial charge in [-0.05, 0) is 22.0 Å². The van der Waals surface area contributed by atoms with Crippen molar-refractivity contribution < 1.29 is 21.6 Å². The van der Waals surface area contributed by atoms with Crippen LogP contribution in [0.1, 0.15) is 12.1 Å². The molecule has 1 aromatic rings. The monoisotopic (exact) mass is 304 g/mol. The van der Waals surface area contributed by atoms with Crippen LogP contribution >= 0.6 is 15.9 Å². The number of halogens is 4. The third-order valence-electron chi connectivity index (χ3n) is 1.44. The average Bonchev–Trinajstić information content (AvgIpc) is 2.06. The minimum atomic E-state index is -4.19. The van der Waals surface area contributed by atoms with Crippen LogP contribution in [-0.4, -0.2) is 13.4 Å². The molecule has 0 bridgehead atoms. The summed E-state index contributed by atoms with van der Waals surface area (Å²) in [4.78, 5) is 2.39. The van der Waals surface area contributed by atoms with Crippen molar-refractivity contribution >= 4 is 26.0 Å². The van der Waals surface area contributed by atoms with Gasteiger partial charge in [0.25, 0.3) is 6.43 Å². The lowest BCUT2D eigenvalue weighted by molar-refractivity contribution is 0.140. The Hall–Kier alpha value is -0.670. The number of pyridine rings is 1. The van der Waals surface area contributed by atoms with Gasteiger partial charge in [-0.25, -0.2) is 31.7 Å².